The van der Waals surface area contributed by atoms with Crippen molar-refractivity contribution in [3.63, 3.8) is 0 Å². The lowest BCUT2D eigenvalue weighted by molar-refractivity contribution is -0.135. The maximum atomic E-state index is 9.00. The third kappa shape index (κ3) is 18.2. The molecule has 8 nitrogen and oxygen atoms in total. The number of nitrogens with zero attached hydrogens (tertiary/aromatic N) is 4. The van der Waals surface area contributed by atoms with Crippen LogP contribution in [0.1, 0.15) is 65.0 Å². The molecule has 0 unspecified atom stereocenters. The molecule has 0 radical (unpaired) electrons. The zero-order chi connectivity index (χ0) is 21.9. The monoisotopic (exact) mass is 396 g/mol. The normalized spacial score (nSPS) is 9.07. The van der Waals surface area contributed by atoms with Gasteiger partial charge in [0.05, 0.1) is 0 Å². The molecule has 0 amide bonds. The topological polar surface area (TPSA) is 110 Å². The average Bonchev–Trinajstić information content (AvgIpc) is 3.19. The van der Waals surface area contributed by atoms with Crippen LogP contribution >= 0.6 is 0 Å². The summed E-state index contributed by atoms with van der Waals surface area (Å²) in [5, 5.41) is 14.8. The van der Waals surface area contributed by atoms with Crippen molar-refractivity contribution in [2.24, 2.45) is 14.1 Å². The number of carboxylic acids is 2. The van der Waals surface area contributed by atoms with Gasteiger partial charge in [0, 0.05) is 65.6 Å². The van der Waals surface area contributed by atoms with Crippen LogP contribution in [0.3, 0.4) is 0 Å². The van der Waals surface area contributed by atoms with E-state index in [1.807, 2.05) is 38.9 Å². The van der Waals surface area contributed by atoms with Gasteiger partial charge in [-0.15, -0.1) is 0 Å². The third-order valence-corrected chi connectivity index (χ3v) is 3.35. The molecule has 2 N–H and O–H groups in total. The van der Waals surface area contributed by atoms with Gasteiger partial charge in [0.2, 0.25) is 0 Å². The maximum Gasteiger partial charge on any atom is 0.300 e. The van der Waals surface area contributed by atoms with Crippen molar-refractivity contribution in [3.05, 3.63) is 36.4 Å². The summed E-state index contributed by atoms with van der Waals surface area (Å²) in [4.78, 5) is 26.4. The van der Waals surface area contributed by atoms with Crippen molar-refractivity contribution >= 4 is 11.9 Å². The molecular formula is C20H36N4O4. The minimum atomic E-state index is -0.833. The first-order chi connectivity index (χ1) is 13.1. The second kappa shape index (κ2) is 17.8. The number of hydrogen-bond donors (Lipinski definition) is 2. The molecule has 0 aliphatic carbocycles. The van der Waals surface area contributed by atoms with Crippen LogP contribution in [-0.4, -0.2) is 41.3 Å². The van der Waals surface area contributed by atoms with Crippen LogP contribution in [0.25, 0.3) is 0 Å². The van der Waals surface area contributed by atoms with E-state index in [2.05, 4.69) is 32.9 Å². The molecule has 0 bridgehead atoms. The summed E-state index contributed by atoms with van der Waals surface area (Å²) in [5.74, 6) is 0.726. The summed E-state index contributed by atoms with van der Waals surface area (Å²) in [6.45, 7) is 6.56. The van der Waals surface area contributed by atoms with Gasteiger partial charge in [-0.2, -0.15) is 0 Å². The van der Waals surface area contributed by atoms with Gasteiger partial charge in [-0.05, 0) is 12.8 Å². The number of carboxylic acid groups (broad SMARTS) is 2. The van der Waals surface area contributed by atoms with Gasteiger partial charge in [0.15, 0.2) is 0 Å². The van der Waals surface area contributed by atoms with Gasteiger partial charge in [-0.3, -0.25) is 9.59 Å². The van der Waals surface area contributed by atoms with Crippen molar-refractivity contribution in [2.75, 3.05) is 0 Å². The van der Waals surface area contributed by atoms with E-state index in [0.29, 0.717) is 0 Å². The van der Waals surface area contributed by atoms with Crippen LogP contribution in [0.5, 0.6) is 0 Å². The number of hydrogen-bond acceptors (Lipinski definition) is 4. The van der Waals surface area contributed by atoms with Crippen LogP contribution in [0.4, 0.5) is 0 Å². The van der Waals surface area contributed by atoms with Crippen LogP contribution < -0.4 is 0 Å². The number of carbonyl (C=O) groups is 2. The van der Waals surface area contributed by atoms with Crippen molar-refractivity contribution < 1.29 is 19.8 Å². The van der Waals surface area contributed by atoms with Gasteiger partial charge < -0.3 is 19.3 Å². The van der Waals surface area contributed by atoms with Gasteiger partial charge in [0.25, 0.3) is 11.9 Å². The van der Waals surface area contributed by atoms with Crippen molar-refractivity contribution in [2.45, 2.75) is 66.2 Å². The lowest BCUT2D eigenvalue weighted by Crippen LogP contribution is -1.96. The number of aromatic nitrogens is 4. The SMILES string of the molecule is CC(=O)O.CC(=O)O.CCCCc1nccn1C.CCCCc1nccn1C. The first-order valence-corrected chi connectivity index (χ1v) is 9.47. The molecule has 2 heterocycles. The molecule has 0 saturated heterocycles. The quantitative estimate of drug-likeness (QED) is 0.770. The fourth-order valence-electron chi connectivity index (χ4n) is 1.94. The Hall–Kier alpha value is -2.64. The maximum absolute atomic E-state index is 9.00. The van der Waals surface area contributed by atoms with E-state index >= 15 is 0 Å². The van der Waals surface area contributed by atoms with E-state index in [-0.39, 0.29) is 0 Å². The van der Waals surface area contributed by atoms with E-state index < -0.39 is 11.9 Å². The molecule has 0 aliphatic rings. The van der Waals surface area contributed by atoms with Crippen LogP contribution in [0, 0.1) is 0 Å². The Morgan fingerprint density at radius 1 is 0.821 bits per heavy atom. The lowest BCUT2D eigenvalue weighted by atomic mass is 10.2. The molecule has 28 heavy (non-hydrogen) atoms. The highest BCUT2D eigenvalue weighted by atomic mass is 16.4. The lowest BCUT2D eigenvalue weighted by Gasteiger charge is -1.97. The van der Waals surface area contributed by atoms with Gasteiger partial charge in [-0.1, -0.05) is 26.7 Å². The average molecular weight is 397 g/mol. The summed E-state index contributed by atoms with van der Waals surface area (Å²) in [6, 6.07) is 0. The van der Waals surface area contributed by atoms with Crippen molar-refractivity contribution in [3.8, 4) is 0 Å². The highest BCUT2D eigenvalue weighted by molar-refractivity contribution is 5.63. The molecule has 160 valence electrons. The second-order valence-electron chi connectivity index (χ2n) is 6.15. The molecule has 0 atom stereocenters. The fourth-order valence-corrected chi connectivity index (χ4v) is 1.94. The van der Waals surface area contributed by atoms with E-state index in [4.69, 9.17) is 19.8 Å². The van der Waals surface area contributed by atoms with Crippen molar-refractivity contribution in [1.82, 2.24) is 19.1 Å². The number of imidazole rings is 2. The first-order valence-electron chi connectivity index (χ1n) is 9.47. The highest BCUT2D eigenvalue weighted by Crippen LogP contribution is 2.00. The standard InChI is InChI=1S/2C8H14N2.2C2H4O2/c2*1-3-4-5-8-9-6-7-10(8)2;2*1-2(3)4/h2*6-7H,3-5H2,1-2H3;2*1H3,(H,3,4). The first kappa shape index (κ1) is 27.6. The molecule has 2 rings (SSSR count). The second-order valence-corrected chi connectivity index (χ2v) is 6.15. The summed E-state index contributed by atoms with van der Waals surface area (Å²) in [5.41, 5.74) is 0. The smallest absolute Gasteiger partial charge is 0.300 e. The van der Waals surface area contributed by atoms with Crippen LogP contribution in [0.2, 0.25) is 0 Å². The molecular weight excluding hydrogens is 360 g/mol. The Kier molecular flexibility index (Phi) is 17.5. The summed E-state index contributed by atoms with van der Waals surface area (Å²) < 4.78 is 4.16. The molecule has 0 aliphatic heterocycles. The minimum Gasteiger partial charge on any atom is -0.481 e. The van der Waals surface area contributed by atoms with E-state index in [0.717, 1.165) is 26.7 Å². The fraction of sp³-hybridized carbons (Fsp3) is 0.600. The van der Waals surface area contributed by atoms with Gasteiger partial charge in [0.1, 0.15) is 11.6 Å². The van der Waals surface area contributed by atoms with Crippen LogP contribution in [0.15, 0.2) is 24.8 Å². The molecule has 2 aromatic heterocycles. The number of unbranched alkanes of at least 4 members (excludes halogenated alkanes) is 2. The highest BCUT2D eigenvalue weighted by Gasteiger charge is 1.96. The van der Waals surface area contributed by atoms with Gasteiger partial charge >= 0.3 is 0 Å². The van der Waals surface area contributed by atoms with E-state index in [9.17, 15) is 0 Å². The number of aliphatic carboxylic acids is 2. The van der Waals surface area contributed by atoms with Crippen LogP contribution in [-0.2, 0) is 36.5 Å². The predicted molar refractivity (Wildman–Crippen MR) is 110 cm³/mol. The Balaban J connectivity index is 0. The van der Waals surface area contributed by atoms with Crippen molar-refractivity contribution in [1.29, 1.82) is 0 Å². The summed E-state index contributed by atoms with van der Waals surface area (Å²) in [7, 11) is 4.08. The van der Waals surface area contributed by atoms with Gasteiger partial charge in [-0.25, -0.2) is 9.97 Å². The Labute approximate surface area is 168 Å². The molecule has 8 heteroatoms. The molecule has 0 fully saturated rings. The largest absolute Gasteiger partial charge is 0.481 e. The van der Waals surface area contributed by atoms with E-state index in [1.165, 1.54) is 37.3 Å². The summed E-state index contributed by atoms with van der Waals surface area (Å²) >= 11 is 0. The predicted octanol–water partition coefficient (Wildman–Crippen LogP) is 3.71. The third-order valence-electron chi connectivity index (χ3n) is 3.35. The Morgan fingerprint density at radius 2 is 1.11 bits per heavy atom. The Bertz CT molecular complexity index is 586. The zero-order valence-electron chi connectivity index (χ0n) is 18.1. The zero-order valence-corrected chi connectivity index (χ0v) is 18.1. The number of aryl methyl sites for hydroxylation is 4. The minimum absolute atomic E-state index is 0.833. The Morgan fingerprint density at radius 3 is 1.29 bits per heavy atom. The molecule has 2 aromatic rings. The molecule has 0 spiro atoms. The molecule has 0 aromatic carbocycles. The number of rotatable bonds is 6. The molecule has 0 saturated carbocycles. The summed E-state index contributed by atoms with van der Waals surface area (Å²) in [6.07, 6.45) is 14.9. The van der Waals surface area contributed by atoms with E-state index in [1.54, 1.807) is 0 Å².